The lowest BCUT2D eigenvalue weighted by Gasteiger charge is -2.45. The maximum Gasteiger partial charge on any atom is 0.352 e. The minimum atomic E-state index is -0.553. The molecule has 32 heavy (non-hydrogen) atoms. The molecular formula is C25H32ClNO4S. The number of halogens is 1. The number of carbonyl (C=O) groups is 2. The number of nitrogens with one attached hydrogen (secondary N) is 1. The highest BCUT2D eigenvalue weighted by molar-refractivity contribution is 7.18. The van der Waals surface area contributed by atoms with Crippen molar-refractivity contribution in [2.24, 2.45) is 10.8 Å². The molecule has 0 aliphatic heterocycles. The van der Waals surface area contributed by atoms with Crippen LogP contribution in [0.4, 0.5) is 5.69 Å². The summed E-state index contributed by atoms with van der Waals surface area (Å²) < 4.78 is 10.4. The first-order chi connectivity index (χ1) is 14.9. The van der Waals surface area contributed by atoms with Crippen LogP contribution < -0.4 is 10.1 Å². The zero-order chi connectivity index (χ0) is 23.7. The van der Waals surface area contributed by atoms with E-state index in [2.05, 4.69) is 33.0 Å². The molecule has 174 valence electrons. The molecule has 2 aromatic rings. The van der Waals surface area contributed by atoms with Gasteiger partial charge in [0.25, 0.3) is 0 Å². The predicted octanol–water partition coefficient (Wildman–Crippen LogP) is 7.19. The predicted molar refractivity (Wildman–Crippen MR) is 131 cm³/mol. The van der Waals surface area contributed by atoms with Crippen LogP contribution in [0.2, 0.25) is 5.02 Å². The molecule has 1 aromatic carbocycles. The molecule has 3 rings (SSSR count). The largest absolute Gasteiger partial charge is 0.462 e. The van der Waals surface area contributed by atoms with E-state index in [4.69, 9.17) is 21.1 Å². The molecule has 1 aromatic heterocycles. The third-order valence-corrected chi connectivity index (χ3v) is 7.24. The standard InChI is InChI=1S/C25H32ClNO4S/c1-7-30-23(29)22-20(31-15(2)28)19(26)21(32-22)16-9-8-10-17(11-16)27-18-12-24(3,4)14-25(5,6)13-18/h8-11,18,27H,7,12-14H2,1-6H3. The monoisotopic (exact) mass is 477 g/mol. The number of benzene rings is 1. The van der Waals surface area contributed by atoms with Gasteiger partial charge in [0.1, 0.15) is 5.02 Å². The van der Waals surface area contributed by atoms with Gasteiger partial charge in [-0.25, -0.2) is 4.79 Å². The van der Waals surface area contributed by atoms with Gasteiger partial charge in [-0.3, -0.25) is 4.79 Å². The zero-order valence-electron chi connectivity index (χ0n) is 19.6. The van der Waals surface area contributed by atoms with E-state index in [1.54, 1.807) is 6.92 Å². The van der Waals surface area contributed by atoms with Gasteiger partial charge >= 0.3 is 11.9 Å². The molecule has 1 heterocycles. The quantitative estimate of drug-likeness (QED) is 0.446. The maximum atomic E-state index is 12.4. The van der Waals surface area contributed by atoms with E-state index < -0.39 is 11.9 Å². The third kappa shape index (κ3) is 5.84. The molecule has 5 nitrogen and oxygen atoms in total. The molecule has 1 aliphatic carbocycles. The van der Waals surface area contributed by atoms with Gasteiger partial charge in [-0.2, -0.15) is 0 Å². The minimum Gasteiger partial charge on any atom is -0.462 e. The highest BCUT2D eigenvalue weighted by Crippen LogP contribution is 2.48. The Morgan fingerprint density at radius 3 is 2.44 bits per heavy atom. The Labute approximate surface area is 199 Å². The number of hydrogen-bond donors (Lipinski definition) is 1. The van der Waals surface area contributed by atoms with Crippen molar-refractivity contribution in [3.05, 3.63) is 34.2 Å². The van der Waals surface area contributed by atoms with E-state index in [9.17, 15) is 9.59 Å². The molecule has 0 saturated heterocycles. The Hall–Kier alpha value is -2.05. The van der Waals surface area contributed by atoms with Crippen molar-refractivity contribution in [2.45, 2.75) is 66.8 Å². The number of rotatable bonds is 6. The Morgan fingerprint density at radius 1 is 1.19 bits per heavy atom. The maximum absolute atomic E-state index is 12.4. The van der Waals surface area contributed by atoms with Crippen molar-refractivity contribution >= 4 is 40.6 Å². The zero-order valence-corrected chi connectivity index (χ0v) is 21.2. The number of hydrogen-bond acceptors (Lipinski definition) is 6. The van der Waals surface area contributed by atoms with Crippen LogP contribution in [0.3, 0.4) is 0 Å². The van der Waals surface area contributed by atoms with E-state index in [-0.39, 0.29) is 33.1 Å². The van der Waals surface area contributed by atoms with Crippen molar-refractivity contribution in [3.8, 4) is 16.2 Å². The Kier molecular flexibility index (Phi) is 7.25. The summed E-state index contributed by atoms with van der Waals surface area (Å²) in [6, 6.07) is 8.33. The van der Waals surface area contributed by atoms with E-state index in [1.807, 2.05) is 24.3 Å². The van der Waals surface area contributed by atoms with Crippen molar-refractivity contribution in [1.82, 2.24) is 0 Å². The van der Waals surface area contributed by atoms with Crippen molar-refractivity contribution in [3.63, 3.8) is 0 Å². The summed E-state index contributed by atoms with van der Waals surface area (Å²) in [4.78, 5) is 24.9. The highest BCUT2D eigenvalue weighted by atomic mass is 35.5. The van der Waals surface area contributed by atoms with Gasteiger partial charge in [0.05, 0.1) is 11.5 Å². The molecule has 0 radical (unpaired) electrons. The molecule has 1 aliphatic rings. The summed E-state index contributed by atoms with van der Waals surface area (Å²) in [7, 11) is 0. The fourth-order valence-corrected chi connectivity index (χ4v) is 6.51. The van der Waals surface area contributed by atoms with Crippen LogP contribution >= 0.6 is 22.9 Å². The number of carbonyl (C=O) groups excluding carboxylic acids is 2. The first kappa shape index (κ1) is 24.6. The second kappa shape index (κ2) is 9.44. The fraction of sp³-hybridized carbons (Fsp3) is 0.520. The Bertz CT molecular complexity index is 995. The smallest absolute Gasteiger partial charge is 0.352 e. The molecule has 0 amide bonds. The second-order valence-corrected chi connectivity index (χ2v) is 11.5. The summed E-state index contributed by atoms with van der Waals surface area (Å²) in [5.74, 6) is -1.03. The molecule has 1 saturated carbocycles. The van der Waals surface area contributed by atoms with E-state index in [1.165, 1.54) is 24.7 Å². The van der Waals surface area contributed by atoms with Crippen LogP contribution in [0.15, 0.2) is 24.3 Å². The van der Waals surface area contributed by atoms with Crippen LogP contribution in [-0.2, 0) is 9.53 Å². The molecule has 0 bridgehead atoms. The Morgan fingerprint density at radius 2 is 1.84 bits per heavy atom. The molecule has 0 spiro atoms. The van der Waals surface area contributed by atoms with Crippen molar-refractivity contribution < 1.29 is 19.1 Å². The average molecular weight is 478 g/mol. The summed E-state index contributed by atoms with van der Waals surface area (Å²) in [5, 5.41) is 3.94. The lowest BCUT2D eigenvalue weighted by Crippen LogP contribution is -2.40. The van der Waals surface area contributed by atoms with E-state index >= 15 is 0 Å². The molecule has 0 unspecified atom stereocenters. The lowest BCUT2D eigenvalue weighted by atomic mass is 9.63. The molecule has 7 heteroatoms. The number of esters is 2. The molecule has 0 atom stereocenters. The number of anilines is 1. The van der Waals surface area contributed by atoms with Crippen LogP contribution in [0.1, 0.15) is 70.5 Å². The molecule has 1 fully saturated rings. The first-order valence-corrected chi connectivity index (χ1v) is 12.1. The third-order valence-electron chi connectivity index (χ3n) is 5.57. The van der Waals surface area contributed by atoms with Gasteiger partial charge in [0.15, 0.2) is 10.6 Å². The van der Waals surface area contributed by atoms with Crippen LogP contribution in [-0.4, -0.2) is 24.6 Å². The summed E-state index contributed by atoms with van der Waals surface area (Å²) in [6.45, 7) is 12.5. The topological polar surface area (TPSA) is 64.6 Å². The number of thiophene rings is 1. The minimum absolute atomic E-state index is 0.0618. The van der Waals surface area contributed by atoms with Crippen molar-refractivity contribution in [2.75, 3.05) is 11.9 Å². The average Bonchev–Trinajstić information content (AvgIpc) is 2.95. The summed E-state index contributed by atoms with van der Waals surface area (Å²) in [5.41, 5.74) is 2.41. The number of ether oxygens (including phenoxy) is 2. The second-order valence-electron chi connectivity index (χ2n) is 10.1. The van der Waals surface area contributed by atoms with Gasteiger partial charge < -0.3 is 14.8 Å². The van der Waals surface area contributed by atoms with Crippen molar-refractivity contribution in [1.29, 1.82) is 0 Å². The van der Waals surface area contributed by atoms with Gasteiger partial charge in [0.2, 0.25) is 0 Å². The Balaban J connectivity index is 1.92. The highest BCUT2D eigenvalue weighted by Gasteiger charge is 2.38. The molecule has 1 N–H and O–H groups in total. The lowest BCUT2D eigenvalue weighted by molar-refractivity contribution is -0.131. The normalized spacial score (nSPS) is 17.6. The van der Waals surface area contributed by atoms with Crippen LogP contribution in [0.25, 0.3) is 10.4 Å². The van der Waals surface area contributed by atoms with Crippen LogP contribution in [0, 0.1) is 10.8 Å². The SMILES string of the molecule is CCOC(=O)c1sc(-c2cccc(NC3CC(C)(C)CC(C)(C)C3)c2)c(Cl)c1OC(C)=O. The summed E-state index contributed by atoms with van der Waals surface area (Å²) in [6.07, 6.45) is 3.41. The summed E-state index contributed by atoms with van der Waals surface area (Å²) >= 11 is 7.75. The van der Waals surface area contributed by atoms with Gasteiger partial charge in [-0.1, -0.05) is 51.4 Å². The molecular weight excluding hydrogens is 446 g/mol. The fourth-order valence-electron chi connectivity index (χ4n) is 5.08. The van der Waals surface area contributed by atoms with E-state index in [0.717, 1.165) is 24.1 Å². The van der Waals surface area contributed by atoms with Gasteiger partial charge in [0, 0.05) is 18.7 Å². The van der Waals surface area contributed by atoms with Crippen LogP contribution in [0.5, 0.6) is 5.75 Å². The first-order valence-electron chi connectivity index (χ1n) is 11.0. The van der Waals surface area contributed by atoms with E-state index in [0.29, 0.717) is 10.9 Å². The van der Waals surface area contributed by atoms with Gasteiger partial charge in [-0.15, -0.1) is 11.3 Å². The van der Waals surface area contributed by atoms with Gasteiger partial charge in [-0.05, 0) is 54.7 Å².